The van der Waals surface area contributed by atoms with Crippen LogP contribution in [0.5, 0.6) is 5.75 Å². The second kappa shape index (κ2) is 10.6. The first-order chi connectivity index (χ1) is 16.1. The van der Waals surface area contributed by atoms with Crippen molar-refractivity contribution in [1.29, 1.82) is 0 Å². The molecule has 2 aliphatic rings. The number of likely N-dealkylation sites (tertiary alicyclic amines) is 1. The predicted octanol–water partition coefficient (Wildman–Crippen LogP) is 2.62. The Bertz CT molecular complexity index is 1020. The third kappa shape index (κ3) is 5.07. The van der Waals surface area contributed by atoms with Crippen LogP contribution in [0.25, 0.3) is 5.76 Å². The average Bonchev–Trinajstić information content (AvgIpc) is 3.12. The summed E-state index contributed by atoms with van der Waals surface area (Å²) in [7, 11) is 0. The molecule has 1 unspecified atom stereocenters. The summed E-state index contributed by atoms with van der Waals surface area (Å²) in [6.07, 6.45) is 3.94. The van der Waals surface area contributed by atoms with Gasteiger partial charge in [-0.15, -0.1) is 0 Å². The number of aliphatic hydroxyl groups is 1. The number of hydrogen-bond acceptors (Lipinski definition) is 7. The maximum absolute atomic E-state index is 13.1. The van der Waals surface area contributed by atoms with E-state index < -0.39 is 17.7 Å². The number of carbonyl (C=O) groups excluding carboxylic acids is 2. The Kier molecular flexibility index (Phi) is 7.36. The number of nitrogens with zero attached hydrogens (tertiary/aromatic N) is 3. The van der Waals surface area contributed by atoms with Crippen molar-refractivity contribution >= 4 is 17.4 Å². The number of aliphatic hydroxyl groups excluding tert-OH is 1. The van der Waals surface area contributed by atoms with Crippen molar-refractivity contribution in [3.05, 3.63) is 65.5 Å². The lowest BCUT2D eigenvalue weighted by atomic mass is 9.95. The zero-order chi connectivity index (χ0) is 23.2. The summed E-state index contributed by atoms with van der Waals surface area (Å²) in [5.41, 5.74) is 1.25. The van der Waals surface area contributed by atoms with E-state index in [4.69, 9.17) is 9.47 Å². The fraction of sp³-hybridized carbons (Fsp3) is 0.400. The van der Waals surface area contributed by atoms with E-state index in [2.05, 4.69) is 9.88 Å². The molecule has 2 aromatic rings. The monoisotopic (exact) mass is 451 g/mol. The molecular weight excluding hydrogens is 422 g/mol. The van der Waals surface area contributed by atoms with Gasteiger partial charge >= 0.3 is 0 Å². The summed E-state index contributed by atoms with van der Waals surface area (Å²) < 4.78 is 11.2. The average molecular weight is 452 g/mol. The normalized spacial score (nSPS) is 20.9. The summed E-state index contributed by atoms with van der Waals surface area (Å²) in [5, 5.41) is 11.1. The Morgan fingerprint density at radius 1 is 1.15 bits per heavy atom. The van der Waals surface area contributed by atoms with Crippen molar-refractivity contribution in [1.82, 2.24) is 14.8 Å². The van der Waals surface area contributed by atoms with E-state index in [9.17, 15) is 14.7 Å². The Labute approximate surface area is 193 Å². The van der Waals surface area contributed by atoms with E-state index >= 15 is 0 Å². The molecule has 1 N–H and O–H groups in total. The number of benzene rings is 1. The SMILES string of the molecule is CCCOc1cccc(C2/C(=C(\O)c3ccncc3)C(=O)C(=O)N2CCN2CCOCC2)c1. The van der Waals surface area contributed by atoms with Gasteiger partial charge in [-0.1, -0.05) is 19.1 Å². The quantitative estimate of drug-likeness (QED) is 0.375. The van der Waals surface area contributed by atoms with Gasteiger partial charge in [-0.05, 0) is 36.2 Å². The van der Waals surface area contributed by atoms with E-state index in [0.29, 0.717) is 44.2 Å². The molecular formula is C25H29N3O5. The second-order valence-electron chi connectivity index (χ2n) is 8.10. The fourth-order valence-corrected chi connectivity index (χ4v) is 4.19. The van der Waals surface area contributed by atoms with Gasteiger partial charge in [0.25, 0.3) is 11.7 Å². The van der Waals surface area contributed by atoms with Gasteiger partial charge in [0.05, 0.1) is 31.4 Å². The molecule has 0 radical (unpaired) electrons. The third-order valence-electron chi connectivity index (χ3n) is 5.90. The molecule has 3 heterocycles. The smallest absolute Gasteiger partial charge is 0.295 e. The van der Waals surface area contributed by atoms with Gasteiger partial charge in [0.1, 0.15) is 11.5 Å². The predicted molar refractivity (Wildman–Crippen MR) is 123 cm³/mol. The van der Waals surface area contributed by atoms with Gasteiger partial charge < -0.3 is 19.5 Å². The van der Waals surface area contributed by atoms with Crippen LogP contribution in [0.15, 0.2) is 54.4 Å². The molecule has 0 saturated carbocycles. The second-order valence-corrected chi connectivity index (χ2v) is 8.10. The summed E-state index contributed by atoms with van der Waals surface area (Å²) in [5.74, 6) is -0.827. The number of ketones is 1. The molecule has 8 heteroatoms. The number of rotatable bonds is 8. The first kappa shape index (κ1) is 22.9. The van der Waals surface area contributed by atoms with Crippen molar-refractivity contribution in [2.75, 3.05) is 46.0 Å². The van der Waals surface area contributed by atoms with E-state index in [1.165, 1.54) is 12.4 Å². The molecule has 1 aromatic heterocycles. The standard InChI is InChI=1S/C25H29N3O5/c1-2-14-33-20-5-3-4-19(17-20)22-21(23(29)18-6-8-26-9-7-18)24(30)25(31)28(22)11-10-27-12-15-32-16-13-27/h3-9,17,22,29H,2,10-16H2,1H3/b23-21+. The van der Waals surface area contributed by atoms with Crippen LogP contribution in [0.4, 0.5) is 0 Å². The van der Waals surface area contributed by atoms with Gasteiger partial charge in [0, 0.05) is 44.1 Å². The highest BCUT2D eigenvalue weighted by Gasteiger charge is 2.46. The van der Waals surface area contributed by atoms with Crippen molar-refractivity contribution in [2.24, 2.45) is 0 Å². The number of pyridine rings is 1. The largest absolute Gasteiger partial charge is 0.507 e. The lowest BCUT2D eigenvalue weighted by Crippen LogP contribution is -2.42. The molecule has 8 nitrogen and oxygen atoms in total. The molecule has 2 fully saturated rings. The Morgan fingerprint density at radius 3 is 2.64 bits per heavy atom. The zero-order valence-corrected chi connectivity index (χ0v) is 18.8. The van der Waals surface area contributed by atoms with Gasteiger partial charge in [-0.25, -0.2) is 0 Å². The maximum Gasteiger partial charge on any atom is 0.295 e. The molecule has 1 aromatic carbocycles. The minimum atomic E-state index is -0.704. The Balaban J connectivity index is 1.72. The molecule has 33 heavy (non-hydrogen) atoms. The van der Waals surface area contributed by atoms with Crippen LogP contribution in [-0.4, -0.2) is 77.6 Å². The molecule has 174 valence electrons. The molecule has 1 atom stereocenters. The van der Waals surface area contributed by atoms with Crippen LogP contribution >= 0.6 is 0 Å². The number of hydrogen-bond donors (Lipinski definition) is 1. The van der Waals surface area contributed by atoms with Gasteiger partial charge in [0.15, 0.2) is 0 Å². The van der Waals surface area contributed by atoms with E-state index in [0.717, 1.165) is 25.1 Å². The number of ether oxygens (including phenoxy) is 2. The molecule has 0 spiro atoms. The van der Waals surface area contributed by atoms with Gasteiger partial charge in [0.2, 0.25) is 0 Å². The Morgan fingerprint density at radius 2 is 1.91 bits per heavy atom. The number of morpholine rings is 1. The molecule has 0 aliphatic carbocycles. The van der Waals surface area contributed by atoms with Crippen molar-refractivity contribution in [2.45, 2.75) is 19.4 Å². The number of carbonyl (C=O) groups is 2. The maximum atomic E-state index is 13.1. The van der Waals surface area contributed by atoms with Crippen LogP contribution in [0.2, 0.25) is 0 Å². The highest BCUT2D eigenvalue weighted by atomic mass is 16.5. The lowest BCUT2D eigenvalue weighted by molar-refractivity contribution is -0.140. The van der Waals surface area contributed by atoms with Crippen LogP contribution < -0.4 is 4.74 Å². The molecule has 2 aliphatic heterocycles. The van der Waals surface area contributed by atoms with Crippen molar-refractivity contribution in [3.8, 4) is 5.75 Å². The van der Waals surface area contributed by atoms with Crippen LogP contribution in [0.3, 0.4) is 0 Å². The van der Waals surface area contributed by atoms with Crippen LogP contribution in [0.1, 0.15) is 30.5 Å². The number of Topliss-reactive ketones (excluding diaryl/α,β-unsaturated/α-hetero) is 1. The van der Waals surface area contributed by atoms with Gasteiger partial charge in [-0.3, -0.25) is 19.5 Å². The van der Waals surface area contributed by atoms with E-state index in [1.54, 1.807) is 17.0 Å². The zero-order valence-electron chi connectivity index (χ0n) is 18.8. The topological polar surface area (TPSA) is 92.2 Å². The van der Waals surface area contributed by atoms with E-state index in [1.807, 2.05) is 31.2 Å². The Hall–Kier alpha value is -3.23. The highest BCUT2D eigenvalue weighted by molar-refractivity contribution is 6.46. The summed E-state index contributed by atoms with van der Waals surface area (Å²) >= 11 is 0. The number of amides is 1. The first-order valence-electron chi connectivity index (χ1n) is 11.3. The first-order valence-corrected chi connectivity index (χ1v) is 11.3. The van der Waals surface area contributed by atoms with Crippen LogP contribution in [0, 0.1) is 0 Å². The molecule has 4 rings (SSSR count). The van der Waals surface area contributed by atoms with Crippen LogP contribution in [-0.2, 0) is 14.3 Å². The molecule has 1 amide bonds. The lowest BCUT2D eigenvalue weighted by Gasteiger charge is -2.31. The summed E-state index contributed by atoms with van der Waals surface area (Å²) in [6, 6.07) is 9.92. The van der Waals surface area contributed by atoms with E-state index in [-0.39, 0.29) is 11.3 Å². The minimum absolute atomic E-state index is 0.0841. The fourth-order valence-electron chi connectivity index (χ4n) is 4.19. The third-order valence-corrected chi connectivity index (χ3v) is 5.90. The minimum Gasteiger partial charge on any atom is -0.507 e. The highest BCUT2D eigenvalue weighted by Crippen LogP contribution is 2.40. The van der Waals surface area contributed by atoms with Crippen molar-refractivity contribution in [3.63, 3.8) is 0 Å². The van der Waals surface area contributed by atoms with Gasteiger partial charge in [-0.2, -0.15) is 0 Å². The molecule has 2 saturated heterocycles. The molecule has 0 bridgehead atoms. The summed E-state index contributed by atoms with van der Waals surface area (Å²) in [4.78, 5) is 34.0. The van der Waals surface area contributed by atoms with Crippen molar-refractivity contribution < 1.29 is 24.2 Å². The number of aromatic nitrogens is 1. The summed E-state index contributed by atoms with van der Waals surface area (Å²) in [6.45, 7) is 6.45.